The lowest BCUT2D eigenvalue weighted by Crippen LogP contribution is -2.13. The van der Waals surface area contributed by atoms with Gasteiger partial charge in [-0.15, -0.1) is 11.3 Å². The van der Waals surface area contributed by atoms with Gasteiger partial charge in [0.25, 0.3) is 0 Å². The maximum absolute atomic E-state index is 11.3. The van der Waals surface area contributed by atoms with Crippen LogP contribution in [0.15, 0.2) is 77.4 Å². The summed E-state index contributed by atoms with van der Waals surface area (Å²) in [6, 6.07) is 24.3. The van der Waals surface area contributed by atoms with E-state index in [0.717, 1.165) is 25.6 Å². The first-order valence-corrected chi connectivity index (χ1v) is 11.9. The summed E-state index contributed by atoms with van der Waals surface area (Å²) in [6.45, 7) is 2.13. The lowest BCUT2D eigenvalue weighted by molar-refractivity contribution is -0.142. The highest BCUT2D eigenvalue weighted by molar-refractivity contribution is 9.10. The van der Waals surface area contributed by atoms with Crippen molar-refractivity contribution in [2.75, 3.05) is 13.7 Å². The summed E-state index contributed by atoms with van der Waals surface area (Å²) >= 11 is 5.18. The van der Waals surface area contributed by atoms with E-state index in [4.69, 9.17) is 9.47 Å². The van der Waals surface area contributed by atoms with Crippen LogP contribution in [0.5, 0.6) is 11.5 Å². The quantitative estimate of drug-likeness (QED) is 0.241. The largest absolute Gasteiger partial charge is 0.486 e. The molecule has 0 aliphatic rings. The minimum Gasteiger partial charge on any atom is -0.486 e. The van der Waals surface area contributed by atoms with Crippen LogP contribution in [-0.2, 0) is 16.1 Å². The van der Waals surface area contributed by atoms with Crippen molar-refractivity contribution in [2.24, 2.45) is 0 Å². The molecule has 0 unspecified atom stereocenters. The number of carbonyl (C=O) groups is 1. The van der Waals surface area contributed by atoms with Gasteiger partial charge in [-0.2, -0.15) is 0 Å². The third kappa shape index (κ3) is 5.80. The van der Waals surface area contributed by atoms with Crippen molar-refractivity contribution in [3.8, 4) is 33.1 Å². The highest BCUT2D eigenvalue weighted by Gasteiger charge is 2.13. The second kappa shape index (κ2) is 10.6. The van der Waals surface area contributed by atoms with Gasteiger partial charge in [0.1, 0.15) is 27.7 Å². The van der Waals surface area contributed by atoms with Crippen LogP contribution < -0.4 is 9.47 Å². The predicted molar refractivity (Wildman–Crippen MR) is 134 cm³/mol. The maximum atomic E-state index is 11.3. The molecule has 0 bridgehead atoms. The zero-order valence-electron chi connectivity index (χ0n) is 18.2. The first-order chi connectivity index (χ1) is 16.0. The lowest BCUT2D eigenvalue weighted by atomic mass is 10.0. The molecule has 0 atom stereocenters. The molecule has 4 rings (SSSR count). The zero-order valence-corrected chi connectivity index (χ0v) is 20.6. The number of aryl methyl sites for hydroxylation is 1. The molecule has 5 nitrogen and oxygen atoms in total. The topological polar surface area (TPSA) is 57.7 Å². The molecule has 0 saturated heterocycles. The van der Waals surface area contributed by atoms with Crippen molar-refractivity contribution in [3.05, 3.63) is 88.0 Å². The molecular weight excluding hydrogens is 502 g/mol. The third-order valence-electron chi connectivity index (χ3n) is 4.97. The Kier molecular flexibility index (Phi) is 7.42. The Bertz CT molecular complexity index is 1240. The monoisotopic (exact) mass is 523 g/mol. The van der Waals surface area contributed by atoms with Gasteiger partial charge < -0.3 is 14.2 Å². The molecule has 33 heavy (non-hydrogen) atoms. The number of halogens is 1. The summed E-state index contributed by atoms with van der Waals surface area (Å²) in [5, 5.41) is 0.868. The fraction of sp³-hybridized carbons (Fsp3) is 0.154. The van der Waals surface area contributed by atoms with Crippen molar-refractivity contribution in [1.82, 2.24) is 4.98 Å². The van der Waals surface area contributed by atoms with Crippen LogP contribution in [0.1, 0.15) is 10.6 Å². The average Bonchev–Trinajstić information content (AvgIpc) is 3.23. The van der Waals surface area contributed by atoms with Gasteiger partial charge in [0.15, 0.2) is 6.61 Å². The summed E-state index contributed by atoms with van der Waals surface area (Å²) in [6.07, 6.45) is 0. The van der Waals surface area contributed by atoms with Crippen molar-refractivity contribution in [2.45, 2.75) is 13.5 Å². The first-order valence-electron chi connectivity index (χ1n) is 10.3. The molecule has 0 amide bonds. The third-order valence-corrected chi connectivity index (χ3v) is 6.88. The molecule has 0 aliphatic carbocycles. The summed E-state index contributed by atoms with van der Waals surface area (Å²) in [5.74, 6) is 0.901. The van der Waals surface area contributed by atoms with E-state index in [2.05, 4.69) is 62.0 Å². The van der Waals surface area contributed by atoms with Crippen LogP contribution in [0, 0.1) is 6.92 Å². The van der Waals surface area contributed by atoms with Gasteiger partial charge >= 0.3 is 5.97 Å². The summed E-state index contributed by atoms with van der Waals surface area (Å²) in [5.41, 5.74) is 4.35. The van der Waals surface area contributed by atoms with Crippen LogP contribution in [0.25, 0.3) is 21.6 Å². The van der Waals surface area contributed by atoms with Gasteiger partial charge in [0.2, 0.25) is 0 Å². The van der Waals surface area contributed by atoms with E-state index in [0.29, 0.717) is 18.1 Å². The fourth-order valence-corrected chi connectivity index (χ4v) is 4.92. The Balaban J connectivity index is 1.41. The fourth-order valence-electron chi connectivity index (χ4n) is 3.24. The Morgan fingerprint density at radius 1 is 0.939 bits per heavy atom. The molecule has 0 fully saturated rings. The van der Waals surface area contributed by atoms with Crippen LogP contribution >= 0.6 is 27.3 Å². The number of esters is 1. The number of methoxy groups -OCH3 is 1. The number of thiazole rings is 1. The van der Waals surface area contributed by atoms with Crippen LogP contribution in [0.2, 0.25) is 0 Å². The van der Waals surface area contributed by atoms with Crippen molar-refractivity contribution >= 4 is 33.2 Å². The number of hydrogen-bond donors (Lipinski definition) is 0. The molecule has 0 spiro atoms. The van der Waals surface area contributed by atoms with Gasteiger partial charge in [-0.25, -0.2) is 9.78 Å². The Morgan fingerprint density at radius 2 is 1.64 bits per heavy atom. The number of benzene rings is 3. The minimum absolute atomic E-state index is 0.125. The zero-order chi connectivity index (χ0) is 23.2. The van der Waals surface area contributed by atoms with Gasteiger partial charge in [-0.05, 0) is 63.3 Å². The molecule has 0 radical (unpaired) electrons. The maximum Gasteiger partial charge on any atom is 0.343 e. The van der Waals surface area contributed by atoms with E-state index >= 15 is 0 Å². The predicted octanol–water partition coefficient (Wildman–Crippen LogP) is 6.68. The van der Waals surface area contributed by atoms with E-state index in [9.17, 15) is 4.79 Å². The SMILES string of the molecule is COC(=O)COc1ccc(OCc2nc(Br)c(-c3ccc(-c4ccccc4)cc3)s2)cc1C. The van der Waals surface area contributed by atoms with Gasteiger partial charge in [0.05, 0.1) is 12.0 Å². The number of aromatic nitrogens is 1. The van der Waals surface area contributed by atoms with E-state index in [1.54, 1.807) is 17.4 Å². The minimum atomic E-state index is -0.422. The van der Waals surface area contributed by atoms with Crippen molar-refractivity contribution in [1.29, 1.82) is 0 Å². The van der Waals surface area contributed by atoms with E-state index < -0.39 is 5.97 Å². The number of hydrogen-bond acceptors (Lipinski definition) is 6. The lowest BCUT2D eigenvalue weighted by Gasteiger charge is -2.10. The smallest absolute Gasteiger partial charge is 0.343 e. The Labute approximate surface area is 205 Å². The molecule has 0 N–H and O–H groups in total. The van der Waals surface area contributed by atoms with E-state index in [1.807, 2.05) is 37.3 Å². The normalized spacial score (nSPS) is 10.6. The van der Waals surface area contributed by atoms with Gasteiger partial charge in [-0.1, -0.05) is 54.6 Å². The second-order valence-corrected chi connectivity index (χ2v) is 9.09. The Hall–Kier alpha value is -3.16. The first kappa shape index (κ1) is 23.0. The molecular formula is C26H22BrNO4S. The number of nitrogens with zero attached hydrogens (tertiary/aromatic N) is 1. The number of ether oxygens (including phenoxy) is 3. The molecule has 7 heteroatoms. The standard InChI is InChI=1S/C26H22BrNO4S/c1-17-14-21(12-13-22(17)32-16-24(29)30-2)31-15-23-28-26(27)25(33-23)20-10-8-19(9-11-20)18-6-4-3-5-7-18/h3-14H,15-16H2,1-2H3. The summed E-state index contributed by atoms with van der Waals surface area (Å²) < 4.78 is 16.8. The molecule has 1 heterocycles. The summed E-state index contributed by atoms with van der Waals surface area (Å²) in [7, 11) is 1.33. The summed E-state index contributed by atoms with van der Waals surface area (Å²) in [4.78, 5) is 16.9. The van der Waals surface area contributed by atoms with Gasteiger partial charge in [0, 0.05) is 0 Å². The second-order valence-electron chi connectivity index (χ2n) is 7.25. The average molecular weight is 524 g/mol. The van der Waals surface area contributed by atoms with E-state index in [-0.39, 0.29) is 6.61 Å². The van der Waals surface area contributed by atoms with Crippen molar-refractivity contribution < 1.29 is 19.0 Å². The molecule has 168 valence electrons. The molecule has 3 aromatic carbocycles. The number of carbonyl (C=O) groups excluding carboxylic acids is 1. The number of rotatable bonds is 8. The molecule has 0 aliphatic heterocycles. The highest BCUT2D eigenvalue weighted by atomic mass is 79.9. The molecule has 0 saturated carbocycles. The molecule has 1 aromatic heterocycles. The highest BCUT2D eigenvalue weighted by Crippen LogP contribution is 2.35. The Morgan fingerprint density at radius 3 is 2.33 bits per heavy atom. The van der Waals surface area contributed by atoms with Crippen LogP contribution in [0.4, 0.5) is 0 Å². The molecule has 4 aromatic rings. The van der Waals surface area contributed by atoms with Crippen molar-refractivity contribution in [3.63, 3.8) is 0 Å². The van der Waals surface area contributed by atoms with E-state index in [1.165, 1.54) is 18.2 Å². The van der Waals surface area contributed by atoms with Crippen LogP contribution in [0.3, 0.4) is 0 Å². The van der Waals surface area contributed by atoms with Crippen LogP contribution in [-0.4, -0.2) is 24.7 Å². The van der Waals surface area contributed by atoms with Gasteiger partial charge in [-0.3, -0.25) is 0 Å².